The van der Waals surface area contributed by atoms with Crippen LogP contribution in [0.3, 0.4) is 0 Å². The summed E-state index contributed by atoms with van der Waals surface area (Å²) in [4.78, 5) is 35.8. The fourth-order valence-corrected chi connectivity index (χ4v) is 5.19. The van der Waals surface area contributed by atoms with Crippen LogP contribution in [0.15, 0.2) is 48.5 Å². The molecule has 2 aliphatic rings. The first kappa shape index (κ1) is 22.9. The number of unbranched alkanes of at least 4 members (excludes halogenated alkanes) is 1. The maximum absolute atomic E-state index is 13.9. The molecule has 2 aromatic carbocycles. The van der Waals surface area contributed by atoms with Gasteiger partial charge in [-0.05, 0) is 49.1 Å². The highest BCUT2D eigenvalue weighted by atomic mass is 35.5. The molecular formula is C26H26Cl2N4O2. The molecule has 0 spiro atoms. The second-order valence-corrected chi connectivity index (χ2v) is 9.64. The molecule has 34 heavy (non-hydrogen) atoms. The predicted octanol–water partition coefficient (Wildman–Crippen LogP) is 5.66. The molecule has 3 aromatic rings. The van der Waals surface area contributed by atoms with Crippen molar-refractivity contribution in [1.29, 1.82) is 0 Å². The van der Waals surface area contributed by atoms with Crippen LogP contribution < -0.4 is 4.90 Å². The molecule has 1 unspecified atom stereocenters. The summed E-state index contributed by atoms with van der Waals surface area (Å²) in [7, 11) is 0. The lowest BCUT2D eigenvalue weighted by atomic mass is 10.1. The maximum atomic E-state index is 13.9. The Kier molecular flexibility index (Phi) is 6.36. The third-order valence-corrected chi connectivity index (χ3v) is 7.16. The highest BCUT2D eigenvalue weighted by Gasteiger charge is 2.44. The van der Waals surface area contributed by atoms with E-state index in [9.17, 15) is 9.59 Å². The second-order valence-electron chi connectivity index (χ2n) is 8.80. The first-order chi connectivity index (χ1) is 16.5. The van der Waals surface area contributed by atoms with Gasteiger partial charge in [-0.15, -0.1) is 0 Å². The maximum Gasteiger partial charge on any atom is 0.281 e. The molecule has 176 valence electrons. The molecule has 2 amide bonds. The topological polar surface area (TPSA) is 58.4 Å². The van der Waals surface area contributed by atoms with Crippen LogP contribution in [-0.2, 0) is 11.3 Å². The molecule has 0 aliphatic carbocycles. The lowest BCUT2D eigenvalue weighted by Gasteiger charge is -2.25. The molecule has 0 bridgehead atoms. The van der Waals surface area contributed by atoms with E-state index in [4.69, 9.17) is 28.2 Å². The Morgan fingerprint density at radius 1 is 1.06 bits per heavy atom. The summed E-state index contributed by atoms with van der Waals surface area (Å²) in [5, 5.41) is 1.20. The van der Waals surface area contributed by atoms with Crippen LogP contribution in [-0.4, -0.2) is 45.4 Å². The van der Waals surface area contributed by atoms with Crippen molar-refractivity contribution in [3.63, 3.8) is 0 Å². The van der Waals surface area contributed by atoms with Crippen LogP contribution in [0.2, 0.25) is 10.0 Å². The number of amides is 2. The summed E-state index contributed by atoms with van der Waals surface area (Å²) in [5.74, 6) is 0.784. The number of aromatic nitrogens is 2. The Morgan fingerprint density at radius 2 is 1.82 bits per heavy atom. The molecule has 1 saturated heterocycles. The van der Waals surface area contributed by atoms with Gasteiger partial charge in [0.1, 0.15) is 11.9 Å². The number of hydrogen-bond acceptors (Lipinski definition) is 4. The van der Waals surface area contributed by atoms with Gasteiger partial charge in [0.25, 0.3) is 11.8 Å². The Balaban J connectivity index is 1.72. The van der Waals surface area contributed by atoms with Crippen molar-refractivity contribution in [1.82, 2.24) is 14.5 Å². The molecule has 8 heteroatoms. The van der Waals surface area contributed by atoms with Gasteiger partial charge in [-0.1, -0.05) is 60.8 Å². The van der Waals surface area contributed by atoms with Crippen molar-refractivity contribution >= 4 is 40.8 Å². The Labute approximate surface area is 209 Å². The Bertz CT molecular complexity index is 1240. The van der Waals surface area contributed by atoms with E-state index >= 15 is 0 Å². The van der Waals surface area contributed by atoms with Gasteiger partial charge in [-0.2, -0.15) is 0 Å². The zero-order valence-corrected chi connectivity index (χ0v) is 20.5. The van der Waals surface area contributed by atoms with E-state index in [2.05, 4.69) is 6.92 Å². The minimum atomic E-state index is -0.361. The third kappa shape index (κ3) is 3.99. The number of hydrogen-bond donors (Lipinski definition) is 0. The van der Waals surface area contributed by atoms with Crippen molar-refractivity contribution in [2.24, 2.45) is 0 Å². The Hall–Kier alpha value is -2.83. The number of imide groups is 1. The van der Waals surface area contributed by atoms with Crippen LogP contribution in [0, 0.1) is 0 Å². The average molecular weight is 497 g/mol. The summed E-state index contributed by atoms with van der Waals surface area (Å²) >= 11 is 12.7. The molecule has 1 atom stereocenters. The van der Waals surface area contributed by atoms with Crippen LogP contribution in [0.1, 0.15) is 48.7 Å². The normalized spacial score (nSPS) is 17.7. The van der Waals surface area contributed by atoms with Crippen LogP contribution >= 0.6 is 23.2 Å². The lowest BCUT2D eigenvalue weighted by Crippen LogP contribution is -2.46. The summed E-state index contributed by atoms with van der Waals surface area (Å²) in [6.07, 6.45) is 3.27. The standard InChI is InChI=1S/C26H26Cl2N4O2/c1-2-3-14-31-25(33)21-9-6-15-30(21)24-22(26(31)34)32(16-17-10-12-18(27)13-11-17)23(29-24)19-7-4-5-8-20(19)28/h4-5,7-8,10-13,21H,2-3,6,9,14-16H2,1H3. The lowest BCUT2D eigenvalue weighted by molar-refractivity contribution is -0.129. The van der Waals surface area contributed by atoms with E-state index < -0.39 is 0 Å². The van der Waals surface area contributed by atoms with Crippen molar-refractivity contribution in [3.8, 4) is 11.4 Å². The summed E-state index contributed by atoms with van der Waals surface area (Å²) in [6.45, 7) is 3.56. The van der Waals surface area contributed by atoms with E-state index in [0.29, 0.717) is 47.0 Å². The van der Waals surface area contributed by atoms with Gasteiger partial charge in [0, 0.05) is 30.2 Å². The van der Waals surface area contributed by atoms with Gasteiger partial charge < -0.3 is 9.47 Å². The fraction of sp³-hybridized carbons (Fsp3) is 0.346. The zero-order valence-electron chi connectivity index (χ0n) is 19.0. The number of nitrogens with zero attached hydrogens (tertiary/aromatic N) is 4. The van der Waals surface area contributed by atoms with Crippen molar-refractivity contribution in [2.75, 3.05) is 18.0 Å². The molecule has 0 radical (unpaired) electrons. The third-order valence-electron chi connectivity index (χ3n) is 6.58. The predicted molar refractivity (Wildman–Crippen MR) is 135 cm³/mol. The van der Waals surface area contributed by atoms with Gasteiger partial charge in [0.2, 0.25) is 0 Å². The van der Waals surface area contributed by atoms with Crippen LogP contribution in [0.4, 0.5) is 5.82 Å². The zero-order chi connectivity index (χ0) is 23.8. The fourth-order valence-electron chi connectivity index (χ4n) is 4.84. The van der Waals surface area contributed by atoms with Crippen LogP contribution in [0.25, 0.3) is 11.4 Å². The number of carbonyl (C=O) groups is 2. The highest BCUT2D eigenvalue weighted by Crippen LogP contribution is 2.38. The quantitative estimate of drug-likeness (QED) is 0.413. The number of anilines is 1. The molecule has 1 aromatic heterocycles. The van der Waals surface area contributed by atoms with E-state index in [1.807, 2.05) is 58.0 Å². The number of rotatable bonds is 6. The highest BCUT2D eigenvalue weighted by molar-refractivity contribution is 6.33. The molecule has 2 aliphatic heterocycles. The van der Waals surface area contributed by atoms with Crippen molar-refractivity contribution in [2.45, 2.75) is 45.2 Å². The smallest absolute Gasteiger partial charge is 0.281 e. The number of benzene rings is 2. The van der Waals surface area contributed by atoms with Crippen molar-refractivity contribution < 1.29 is 9.59 Å². The second kappa shape index (κ2) is 9.43. The number of imidazole rings is 1. The number of carbonyl (C=O) groups excluding carboxylic acids is 2. The van der Waals surface area contributed by atoms with Crippen LogP contribution in [0.5, 0.6) is 0 Å². The van der Waals surface area contributed by atoms with E-state index in [0.717, 1.165) is 36.8 Å². The van der Waals surface area contributed by atoms with E-state index in [1.165, 1.54) is 4.90 Å². The SMILES string of the molecule is CCCCN1C(=O)c2c(nc(-c3ccccc3Cl)n2Cc2ccc(Cl)cc2)N2CCCC2C1=O. The molecular weight excluding hydrogens is 471 g/mol. The minimum absolute atomic E-state index is 0.119. The monoisotopic (exact) mass is 496 g/mol. The summed E-state index contributed by atoms with van der Waals surface area (Å²) in [5.41, 5.74) is 2.17. The molecule has 3 heterocycles. The van der Waals surface area contributed by atoms with Gasteiger partial charge in [0.15, 0.2) is 11.5 Å². The molecule has 6 nitrogen and oxygen atoms in total. The minimum Gasteiger partial charge on any atom is -0.343 e. The van der Waals surface area contributed by atoms with Crippen molar-refractivity contribution in [3.05, 3.63) is 69.8 Å². The number of halogens is 2. The Morgan fingerprint density at radius 3 is 2.56 bits per heavy atom. The first-order valence-corrected chi connectivity index (χ1v) is 12.5. The largest absolute Gasteiger partial charge is 0.343 e. The molecule has 0 saturated carbocycles. The van der Waals surface area contributed by atoms with E-state index in [1.54, 1.807) is 0 Å². The molecule has 0 N–H and O–H groups in total. The summed E-state index contributed by atoms with van der Waals surface area (Å²) in [6, 6.07) is 14.7. The average Bonchev–Trinajstić information content (AvgIpc) is 3.44. The number of fused-ring (bicyclic) bond motifs is 3. The van der Waals surface area contributed by atoms with Gasteiger partial charge >= 0.3 is 0 Å². The van der Waals surface area contributed by atoms with E-state index in [-0.39, 0.29) is 17.9 Å². The van der Waals surface area contributed by atoms with Gasteiger partial charge in [-0.25, -0.2) is 4.98 Å². The van der Waals surface area contributed by atoms with Gasteiger partial charge in [-0.3, -0.25) is 14.5 Å². The summed E-state index contributed by atoms with van der Waals surface area (Å²) < 4.78 is 1.91. The first-order valence-electron chi connectivity index (χ1n) is 11.7. The van der Waals surface area contributed by atoms with Gasteiger partial charge in [0.05, 0.1) is 5.02 Å². The molecule has 1 fully saturated rings. The molecule has 5 rings (SSSR count).